The topological polar surface area (TPSA) is 46.1 Å². The molecule has 0 unspecified atom stereocenters. The molecule has 0 radical (unpaired) electrons. The number of ketones is 1. The Labute approximate surface area is 83.3 Å². The third-order valence-corrected chi connectivity index (χ3v) is 1.64. The summed E-state index contributed by atoms with van der Waals surface area (Å²) in [5.74, 6) is -0.121. The summed E-state index contributed by atoms with van der Waals surface area (Å²) < 4.78 is 0. The molecule has 1 aromatic heterocycles. The van der Waals surface area contributed by atoms with Crippen LogP contribution in [-0.4, -0.2) is 34.7 Å². The lowest BCUT2D eigenvalue weighted by atomic mass is 10.2. The molecule has 0 amide bonds. The highest BCUT2D eigenvalue weighted by Gasteiger charge is 2.06. The van der Waals surface area contributed by atoms with Gasteiger partial charge in [-0.05, 0) is 6.92 Å². The lowest BCUT2D eigenvalue weighted by Crippen LogP contribution is -2.06. The first-order valence-corrected chi connectivity index (χ1v) is 4.28. The van der Waals surface area contributed by atoms with Gasteiger partial charge in [0.15, 0.2) is 0 Å². The minimum atomic E-state index is -0.121. The maximum absolute atomic E-state index is 11.6. The predicted molar refractivity (Wildman–Crippen MR) is 53.9 cm³/mol. The van der Waals surface area contributed by atoms with E-state index in [1.807, 2.05) is 14.1 Å². The summed E-state index contributed by atoms with van der Waals surface area (Å²) in [5.41, 5.74) is 1.06. The van der Waals surface area contributed by atoms with Crippen LogP contribution in [0.4, 0.5) is 0 Å². The average Bonchev–Trinajstić information content (AvgIpc) is 2.15. The van der Waals surface area contributed by atoms with Gasteiger partial charge in [0.05, 0.1) is 5.69 Å². The van der Waals surface area contributed by atoms with Crippen molar-refractivity contribution < 1.29 is 4.79 Å². The van der Waals surface area contributed by atoms with Gasteiger partial charge in [0.2, 0.25) is 5.78 Å². The largest absolute Gasteiger partial charge is 0.383 e. The molecule has 0 N–H and O–H groups in total. The second-order valence-corrected chi connectivity index (χ2v) is 3.13. The maximum Gasteiger partial charge on any atom is 0.207 e. The number of rotatable bonds is 3. The maximum atomic E-state index is 11.6. The van der Waals surface area contributed by atoms with Crippen LogP contribution >= 0.6 is 0 Å². The molecule has 1 aromatic rings. The molecule has 1 rings (SSSR count). The standard InChI is InChI=1S/C10H13N3O/c1-8-10(12-6-5-11-8)9(14)4-7-13(2)3/h4-7H,1-3H3/b7-4+. The summed E-state index contributed by atoms with van der Waals surface area (Å²) in [5, 5.41) is 0. The number of aromatic nitrogens is 2. The van der Waals surface area contributed by atoms with E-state index in [4.69, 9.17) is 0 Å². The van der Waals surface area contributed by atoms with Crippen LogP contribution in [0.25, 0.3) is 0 Å². The number of carbonyl (C=O) groups is 1. The molecule has 4 nitrogen and oxygen atoms in total. The molecular formula is C10H13N3O. The third kappa shape index (κ3) is 2.65. The molecule has 0 saturated heterocycles. The highest BCUT2D eigenvalue weighted by atomic mass is 16.1. The lowest BCUT2D eigenvalue weighted by molar-refractivity contribution is 0.104. The molecule has 4 heteroatoms. The number of hydrogen-bond acceptors (Lipinski definition) is 4. The van der Waals surface area contributed by atoms with Crippen molar-refractivity contribution in [3.8, 4) is 0 Å². The highest BCUT2D eigenvalue weighted by molar-refractivity contribution is 6.03. The molecule has 0 spiro atoms. The summed E-state index contributed by atoms with van der Waals surface area (Å²) in [7, 11) is 3.71. The van der Waals surface area contributed by atoms with E-state index >= 15 is 0 Å². The number of allylic oxidation sites excluding steroid dienone is 1. The molecule has 0 aliphatic rings. The Morgan fingerprint density at radius 1 is 1.36 bits per heavy atom. The van der Waals surface area contributed by atoms with Gasteiger partial charge in [-0.1, -0.05) is 0 Å². The van der Waals surface area contributed by atoms with Crippen molar-refractivity contribution in [2.45, 2.75) is 6.92 Å². The Morgan fingerprint density at radius 2 is 2.00 bits per heavy atom. The number of carbonyl (C=O) groups excluding carboxylic acids is 1. The molecule has 0 fully saturated rings. The van der Waals surface area contributed by atoms with Crippen LogP contribution < -0.4 is 0 Å². The molecule has 0 saturated carbocycles. The molecule has 0 atom stereocenters. The number of hydrogen-bond donors (Lipinski definition) is 0. The van der Waals surface area contributed by atoms with Gasteiger partial charge >= 0.3 is 0 Å². The monoisotopic (exact) mass is 191 g/mol. The van der Waals surface area contributed by atoms with Gasteiger partial charge in [-0.15, -0.1) is 0 Å². The average molecular weight is 191 g/mol. The van der Waals surface area contributed by atoms with Gasteiger partial charge in [-0.2, -0.15) is 0 Å². The van der Waals surface area contributed by atoms with E-state index in [1.165, 1.54) is 12.3 Å². The van der Waals surface area contributed by atoms with Crippen molar-refractivity contribution in [1.82, 2.24) is 14.9 Å². The van der Waals surface area contributed by atoms with Crippen molar-refractivity contribution in [3.63, 3.8) is 0 Å². The van der Waals surface area contributed by atoms with Crippen LogP contribution in [0, 0.1) is 6.92 Å². The third-order valence-electron chi connectivity index (χ3n) is 1.64. The van der Waals surface area contributed by atoms with E-state index in [2.05, 4.69) is 9.97 Å². The van der Waals surface area contributed by atoms with Crippen LogP contribution in [0.5, 0.6) is 0 Å². The van der Waals surface area contributed by atoms with Crippen LogP contribution in [0.1, 0.15) is 16.2 Å². The van der Waals surface area contributed by atoms with Crippen molar-refractivity contribution in [2.24, 2.45) is 0 Å². The smallest absolute Gasteiger partial charge is 0.207 e. The van der Waals surface area contributed by atoms with Crippen LogP contribution in [-0.2, 0) is 0 Å². The molecule has 0 aliphatic carbocycles. The Hall–Kier alpha value is -1.71. The zero-order valence-corrected chi connectivity index (χ0v) is 8.56. The first-order valence-electron chi connectivity index (χ1n) is 4.28. The van der Waals surface area contributed by atoms with Crippen molar-refractivity contribution in [2.75, 3.05) is 14.1 Å². The minimum Gasteiger partial charge on any atom is -0.383 e. The minimum absolute atomic E-state index is 0.121. The number of aryl methyl sites for hydroxylation is 1. The van der Waals surface area contributed by atoms with Gasteiger partial charge in [0, 0.05) is 38.8 Å². The van der Waals surface area contributed by atoms with Crippen LogP contribution in [0.2, 0.25) is 0 Å². The summed E-state index contributed by atoms with van der Waals surface area (Å²) >= 11 is 0. The summed E-state index contributed by atoms with van der Waals surface area (Å²) in [6.45, 7) is 1.77. The fraction of sp³-hybridized carbons (Fsp3) is 0.300. The fourth-order valence-electron chi connectivity index (χ4n) is 0.945. The van der Waals surface area contributed by atoms with Crippen molar-refractivity contribution in [1.29, 1.82) is 0 Å². The quantitative estimate of drug-likeness (QED) is 0.529. The van der Waals surface area contributed by atoms with Gasteiger partial charge in [-0.25, -0.2) is 4.98 Å². The first kappa shape index (κ1) is 10.4. The molecule has 14 heavy (non-hydrogen) atoms. The van der Waals surface area contributed by atoms with Gasteiger partial charge < -0.3 is 4.90 Å². The molecule has 74 valence electrons. The summed E-state index contributed by atoms with van der Waals surface area (Å²) in [4.78, 5) is 21.3. The Balaban J connectivity index is 2.85. The van der Waals surface area contributed by atoms with E-state index < -0.39 is 0 Å². The second kappa shape index (κ2) is 4.50. The Morgan fingerprint density at radius 3 is 2.57 bits per heavy atom. The molecule has 0 bridgehead atoms. The first-order chi connectivity index (χ1) is 6.61. The van der Waals surface area contributed by atoms with Gasteiger partial charge in [-0.3, -0.25) is 9.78 Å². The van der Waals surface area contributed by atoms with Crippen molar-refractivity contribution in [3.05, 3.63) is 36.1 Å². The summed E-state index contributed by atoms with van der Waals surface area (Å²) in [6.07, 6.45) is 6.26. The number of nitrogens with zero attached hydrogens (tertiary/aromatic N) is 3. The lowest BCUT2D eigenvalue weighted by Gasteiger charge is -2.03. The van der Waals surface area contributed by atoms with Crippen molar-refractivity contribution >= 4 is 5.78 Å². The zero-order valence-electron chi connectivity index (χ0n) is 8.56. The predicted octanol–water partition coefficient (Wildman–Crippen LogP) is 1.04. The Kier molecular flexibility index (Phi) is 3.34. The highest BCUT2D eigenvalue weighted by Crippen LogP contribution is 2.01. The summed E-state index contributed by atoms with van der Waals surface area (Å²) in [6, 6.07) is 0. The van der Waals surface area contributed by atoms with E-state index in [0.717, 1.165) is 0 Å². The van der Waals surface area contributed by atoms with Gasteiger partial charge in [0.25, 0.3) is 0 Å². The van der Waals surface area contributed by atoms with Gasteiger partial charge in [0.1, 0.15) is 5.69 Å². The zero-order chi connectivity index (χ0) is 10.6. The van der Waals surface area contributed by atoms with Crippen LogP contribution in [0.3, 0.4) is 0 Å². The second-order valence-electron chi connectivity index (χ2n) is 3.13. The molecule has 0 aromatic carbocycles. The fourth-order valence-corrected chi connectivity index (χ4v) is 0.945. The van der Waals surface area contributed by atoms with E-state index in [-0.39, 0.29) is 5.78 Å². The van der Waals surface area contributed by atoms with Crippen LogP contribution in [0.15, 0.2) is 24.7 Å². The SMILES string of the molecule is Cc1nccnc1C(=O)/C=C/N(C)C. The Bertz CT molecular complexity index is 358. The van der Waals surface area contributed by atoms with E-state index in [1.54, 1.807) is 24.2 Å². The van der Waals surface area contributed by atoms with E-state index in [0.29, 0.717) is 11.4 Å². The molecular weight excluding hydrogens is 178 g/mol. The van der Waals surface area contributed by atoms with E-state index in [9.17, 15) is 4.79 Å². The molecule has 0 aliphatic heterocycles. The molecule has 1 heterocycles. The normalized spacial score (nSPS) is 10.5.